The normalized spacial score (nSPS) is 18.4. The number of rotatable bonds is 3. The van der Waals surface area contributed by atoms with E-state index >= 15 is 0 Å². The van der Waals surface area contributed by atoms with Crippen molar-refractivity contribution in [1.29, 1.82) is 0 Å². The van der Waals surface area contributed by atoms with Crippen molar-refractivity contribution in [2.45, 2.75) is 18.3 Å². The minimum Gasteiger partial charge on any atom is -0.381 e. The monoisotopic (exact) mass is 251 g/mol. The Labute approximate surface area is 105 Å². The molecule has 0 aromatic heterocycles. The Morgan fingerprint density at radius 2 is 2.06 bits per heavy atom. The van der Waals surface area contributed by atoms with Gasteiger partial charge in [0, 0.05) is 23.7 Å². The second kappa shape index (κ2) is 5.46. The number of benzene rings is 1. The van der Waals surface area contributed by atoms with Crippen molar-refractivity contribution in [2.24, 2.45) is 4.99 Å². The van der Waals surface area contributed by atoms with Crippen molar-refractivity contribution in [3.8, 4) is 0 Å². The van der Waals surface area contributed by atoms with E-state index in [9.17, 15) is 4.79 Å². The highest BCUT2D eigenvalue weighted by Gasteiger charge is 2.35. The van der Waals surface area contributed by atoms with Crippen LogP contribution in [0.25, 0.3) is 0 Å². The molecule has 1 aliphatic heterocycles. The van der Waals surface area contributed by atoms with Crippen LogP contribution < -0.4 is 0 Å². The van der Waals surface area contributed by atoms with Gasteiger partial charge in [-0.3, -0.25) is 0 Å². The van der Waals surface area contributed by atoms with Crippen molar-refractivity contribution < 1.29 is 9.53 Å². The summed E-state index contributed by atoms with van der Waals surface area (Å²) in [5.74, 6) is 0. The molecule has 1 aromatic carbocycles. The molecule has 1 heterocycles. The van der Waals surface area contributed by atoms with Gasteiger partial charge in [0.15, 0.2) is 0 Å². The Bertz CT molecular complexity index is 435. The van der Waals surface area contributed by atoms with E-state index in [1.807, 2.05) is 24.3 Å². The molecule has 0 spiro atoms. The Kier molecular flexibility index (Phi) is 3.95. The molecule has 0 aliphatic carbocycles. The standard InChI is InChI=1S/C13H14ClNO2/c14-12-4-2-1-3-11(12)13(9-15-10-16)5-7-17-8-6-13/h1-4H,5-9H2. The summed E-state index contributed by atoms with van der Waals surface area (Å²) in [5.41, 5.74) is 0.887. The fourth-order valence-electron chi connectivity index (χ4n) is 2.35. The molecule has 17 heavy (non-hydrogen) atoms. The van der Waals surface area contributed by atoms with Crippen LogP contribution in [0.5, 0.6) is 0 Å². The zero-order valence-corrected chi connectivity index (χ0v) is 10.2. The van der Waals surface area contributed by atoms with E-state index in [1.54, 1.807) is 6.08 Å². The van der Waals surface area contributed by atoms with Crippen LogP contribution in [0.4, 0.5) is 0 Å². The minimum atomic E-state index is -0.173. The van der Waals surface area contributed by atoms with Crippen LogP contribution in [-0.2, 0) is 14.9 Å². The number of halogens is 1. The molecule has 1 fully saturated rings. The second-order valence-corrected chi connectivity index (χ2v) is 4.69. The van der Waals surface area contributed by atoms with Crippen LogP contribution in [0.1, 0.15) is 18.4 Å². The number of hydrogen-bond donors (Lipinski definition) is 0. The van der Waals surface area contributed by atoms with Gasteiger partial charge in [0.25, 0.3) is 0 Å². The van der Waals surface area contributed by atoms with Gasteiger partial charge in [-0.05, 0) is 24.5 Å². The first-order valence-corrected chi connectivity index (χ1v) is 6.03. The summed E-state index contributed by atoms with van der Waals surface area (Å²) in [6.07, 6.45) is 3.29. The topological polar surface area (TPSA) is 38.7 Å². The van der Waals surface area contributed by atoms with E-state index in [1.165, 1.54) is 0 Å². The van der Waals surface area contributed by atoms with Gasteiger partial charge in [-0.2, -0.15) is 0 Å². The molecule has 90 valence electrons. The Hall–Kier alpha value is -1.15. The predicted molar refractivity (Wildman–Crippen MR) is 66.2 cm³/mol. The van der Waals surface area contributed by atoms with Crippen molar-refractivity contribution in [1.82, 2.24) is 0 Å². The molecule has 2 rings (SSSR count). The number of hydrogen-bond acceptors (Lipinski definition) is 3. The molecular formula is C13H14ClNO2. The molecule has 0 unspecified atom stereocenters. The van der Waals surface area contributed by atoms with Gasteiger partial charge in [0.1, 0.15) is 0 Å². The maximum Gasteiger partial charge on any atom is 0.234 e. The summed E-state index contributed by atoms with van der Waals surface area (Å²) in [6.45, 7) is 1.79. The zero-order valence-electron chi connectivity index (χ0n) is 9.49. The van der Waals surface area contributed by atoms with E-state index < -0.39 is 0 Å². The van der Waals surface area contributed by atoms with Gasteiger partial charge in [-0.15, -0.1) is 0 Å². The highest BCUT2D eigenvalue weighted by molar-refractivity contribution is 6.31. The Morgan fingerprint density at radius 1 is 1.35 bits per heavy atom. The van der Waals surface area contributed by atoms with Gasteiger partial charge >= 0.3 is 0 Å². The SMILES string of the molecule is O=C=NCC1(c2ccccc2Cl)CCOCC1. The summed E-state index contributed by atoms with van der Waals surface area (Å²) in [7, 11) is 0. The summed E-state index contributed by atoms with van der Waals surface area (Å²) in [5, 5.41) is 0.732. The highest BCUT2D eigenvalue weighted by atomic mass is 35.5. The fraction of sp³-hybridized carbons (Fsp3) is 0.462. The second-order valence-electron chi connectivity index (χ2n) is 4.28. The van der Waals surface area contributed by atoms with E-state index in [-0.39, 0.29) is 5.41 Å². The Balaban J connectivity index is 2.38. The number of nitrogens with zero attached hydrogens (tertiary/aromatic N) is 1. The lowest BCUT2D eigenvalue weighted by Crippen LogP contribution is -2.37. The lowest BCUT2D eigenvalue weighted by molar-refractivity contribution is 0.0532. The lowest BCUT2D eigenvalue weighted by Gasteiger charge is -2.36. The zero-order chi connectivity index (χ0) is 12.1. The molecule has 1 aliphatic rings. The molecule has 0 radical (unpaired) electrons. The van der Waals surface area contributed by atoms with Crippen molar-refractivity contribution in [3.05, 3.63) is 34.9 Å². The quantitative estimate of drug-likeness (QED) is 0.612. The molecule has 0 saturated carbocycles. The third kappa shape index (κ3) is 2.58. The van der Waals surface area contributed by atoms with Gasteiger partial charge in [0.2, 0.25) is 6.08 Å². The van der Waals surface area contributed by atoms with E-state index in [2.05, 4.69) is 4.99 Å². The first-order chi connectivity index (χ1) is 8.28. The van der Waals surface area contributed by atoms with Crippen LogP contribution in [-0.4, -0.2) is 25.8 Å². The molecule has 0 amide bonds. The third-order valence-corrected chi connectivity index (χ3v) is 3.67. The minimum absolute atomic E-state index is 0.173. The summed E-state index contributed by atoms with van der Waals surface area (Å²) >= 11 is 6.25. The largest absolute Gasteiger partial charge is 0.381 e. The number of ether oxygens (including phenoxy) is 1. The van der Waals surface area contributed by atoms with E-state index in [0.717, 1.165) is 23.4 Å². The average molecular weight is 252 g/mol. The summed E-state index contributed by atoms with van der Waals surface area (Å²) < 4.78 is 5.38. The third-order valence-electron chi connectivity index (χ3n) is 3.34. The summed E-state index contributed by atoms with van der Waals surface area (Å²) in [4.78, 5) is 14.1. The number of isocyanates is 1. The number of carbonyl (C=O) groups excluding carboxylic acids is 1. The first-order valence-electron chi connectivity index (χ1n) is 5.65. The Morgan fingerprint density at radius 3 is 2.71 bits per heavy atom. The molecule has 1 aromatic rings. The van der Waals surface area contributed by atoms with Gasteiger partial charge in [-0.1, -0.05) is 29.8 Å². The molecule has 3 nitrogen and oxygen atoms in total. The first kappa shape index (κ1) is 12.3. The van der Waals surface area contributed by atoms with Crippen LogP contribution in [0.3, 0.4) is 0 Å². The lowest BCUT2D eigenvalue weighted by atomic mass is 9.74. The van der Waals surface area contributed by atoms with Gasteiger partial charge < -0.3 is 4.74 Å². The molecule has 0 atom stereocenters. The van der Waals surface area contributed by atoms with Crippen molar-refractivity contribution >= 4 is 17.7 Å². The van der Waals surface area contributed by atoms with E-state index in [4.69, 9.17) is 16.3 Å². The molecule has 4 heteroatoms. The molecular weight excluding hydrogens is 238 g/mol. The van der Waals surface area contributed by atoms with Gasteiger partial charge in [0.05, 0.1) is 6.54 Å². The molecule has 0 N–H and O–H groups in total. The van der Waals surface area contributed by atoms with Crippen LogP contribution >= 0.6 is 11.6 Å². The van der Waals surface area contributed by atoms with Crippen molar-refractivity contribution in [3.63, 3.8) is 0 Å². The molecule has 1 saturated heterocycles. The maximum absolute atomic E-state index is 10.4. The maximum atomic E-state index is 10.4. The molecule has 0 bridgehead atoms. The van der Waals surface area contributed by atoms with Crippen molar-refractivity contribution in [2.75, 3.05) is 19.8 Å². The smallest absolute Gasteiger partial charge is 0.234 e. The van der Waals surface area contributed by atoms with Crippen LogP contribution in [0.2, 0.25) is 5.02 Å². The highest BCUT2D eigenvalue weighted by Crippen LogP contribution is 2.38. The fourth-order valence-corrected chi connectivity index (χ4v) is 2.69. The summed E-state index contributed by atoms with van der Waals surface area (Å²) in [6, 6.07) is 7.75. The van der Waals surface area contributed by atoms with Crippen LogP contribution in [0.15, 0.2) is 29.3 Å². The van der Waals surface area contributed by atoms with E-state index in [0.29, 0.717) is 19.8 Å². The predicted octanol–water partition coefficient (Wildman–Crippen LogP) is 2.72. The average Bonchev–Trinajstić information content (AvgIpc) is 2.38. The van der Waals surface area contributed by atoms with Crippen LogP contribution in [0, 0.1) is 0 Å². The van der Waals surface area contributed by atoms with Gasteiger partial charge in [-0.25, -0.2) is 9.79 Å². The number of aliphatic imine (C=N–C) groups is 1.